The van der Waals surface area contributed by atoms with Crippen molar-refractivity contribution in [1.29, 1.82) is 0 Å². The van der Waals surface area contributed by atoms with Gasteiger partial charge in [0.05, 0.1) is 6.10 Å². The number of aliphatic hydroxyl groups is 1. The van der Waals surface area contributed by atoms with E-state index in [2.05, 4.69) is 84.0 Å². The van der Waals surface area contributed by atoms with Gasteiger partial charge in [-0.1, -0.05) is 118 Å². The molecular weight excluding hydrogens is 588 g/mol. The summed E-state index contributed by atoms with van der Waals surface area (Å²) in [6.07, 6.45) is 14.6. The lowest BCUT2D eigenvalue weighted by Crippen LogP contribution is -2.49. The van der Waals surface area contributed by atoms with Gasteiger partial charge in [-0.15, -0.1) is 0 Å². The maximum Gasteiger partial charge on any atom is 0.123 e. The van der Waals surface area contributed by atoms with E-state index >= 15 is 0 Å². The normalized spacial score (nSPS) is 23.5. The Hall–Kier alpha value is -3.30. The Morgan fingerprint density at radius 2 is 1.58 bits per heavy atom. The van der Waals surface area contributed by atoms with Crippen molar-refractivity contribution >= 4 is 0 Å². The fraction of sp³-hybridized carbons (Fsp3) is 0.511. The van der Waals surface area contributed by atoms with Crippen LogP contribution >= 0.6 is 0 Å². The maximum absolute atomic E-state index is 11.5. The van der Waals surface area contributed by atoms with Crippen LogP contribution < -0.4 is 9.47 Å². The first-order chi connectivity index (χ1) is 23.0. The van der Waals surface area contributed by atoms with Crippen LogP contribution in [0.2, 0.25) is 0 Å². The number of ether oxygens (including phenoxy) is 2. The smallest absolute Gasteiger partial charge is 0.123 e. The van der Waals surface area contributed by atoms with Crippen molar-refractivity contribution in [2.45, 2.75) is 119 Å². The van der Waals surface area contributed by atoms with Gasteiger partial charge in [0.25, 0.3) is 0 Å². The summed E-state index contributed by atoms with van der Waals surface area (Å²) in [7, 11) is 0. The standard InChI is InChI=1S/C45H60O3/c1-33(15-13-16-35(3)41(46)30-40-34(2)22-26-43-44(4,5)27-14-28-45(40,43)6)21-23-38-29-39(47-31-36-17-9-7-10-18-36)24-25-42(38)48-32-37-19-11-8-12-20-37/h7-12,17-22,24-25,29,35,40-41,43,46H,13-16,23,26-28,30-32H2,1-6H3/b33-21+/t35-,40+,41-,43+,45-/m1/s1. The van der Waals surface area contributed by atoms with E-state index < -0.39 is 0 Å². The average molecular weight is 649 g/mol. The molecule has 5 atom stereocenters. The zero-order chi connectivity index (χ0) is 34.1. The predicted octanol–water partition coefficient (Wildman–Crippen LogP) is 11.7. The lowest BCUT2D eigenvalue weighted by molar-refractivity contribution is -0.0541. The molecular formula is C45H60O3. The van der Waals surface area contributed by atoms with E-state index in [4.69, 9.17) is 9.47 Å². The minimum atomic E-state index is -0.258. The molecule has 2 aliphatic carbocycles. The molecule has 0 saturated heterocycles. The molecule has 0 radical (unpaired) electrons. The van der Waals surface area contributed by atoms with Crippen LogP contribution in [-0.4, -0.2) is 11.2 Å². The van der Waals surface area contributed by atoms with Gasteiger partial charge in [0, 0.05) is 5.56 Å². The molecule has 0 spiro atoms. The SMILES string of the molecule is CC1=CC[C@H]2C(C)(C)CCC[C@]2(C)[C@H]1C[C@@H](O)[C@H](C)CCC/C(C)=C/Cc1cc(OCc2ccccc2)ccc1OCc1ccccc1. The van der Waals surface area contributed by atoms with E-state index in [9.17, 15) is 5.11 Å². The van der Waals surface area contributed by atoms with Crippen molar-refractivity contribution in [1.82, 2.24) is 0 Å². The first kappa shape index (κ1) is 36.0. The predicted molar refractivity (Wildman–Crippen MR) is 200 cm³/mol. The van der Waals surface area contributed by atoms with E-state index in [1.54, 1.807) is 0 Å². The molecule has 0 amide bonds. The molecule has 5 rings (SSSR count). The van der Waals surface area contributed by atoms with Gasteiger partial charge in [0.2, 0.25) is 0 Å². The van der Waals surface area contributed by atoms with Gasteiger partial charge in [0.15, 0.2) is 0 Å². The quantitative estimate of drug-likeness (QED) is 0.167. The highest BCUT2D eigenvalue weighted by atomic mass is 16.5. The largest absolute Gasteiger partial charge is 0.489 e. The molecule has 258 valence electrons. The van der Waals surface area contributed by atoms with Gasteiger partial charge < -0.3 is 14.6 Å². The lowest BCUT2D eigenvalue weighted by atomic mass is 9.48. The molecule has 2 aliphatic rings. The summed E-state index contributed by atoms with van der Waals surface area (Å²) in [4.78, 5) is 0. The highest BCUT2D eigenvalue weighted by Gasteiger charge is 2.52. The Morgan fingerprint density at radius 1 is 0.917 bits per heavy atom. The summed E-state index contributed by atoms with van der Waals surface area (Å²) in [6.45, 7) is 15.4. The molecule has 0 heterocycles. The summed E-state index contributed by atoms with van der Waals surface area (Å²) in [6, 6.07) is 26.8. The second-order valence-corrected chi connectivity index (χ2v) is 15.9. The van der Waals surface area contributed by atoms with E-state index in [1.165, 1.54) is 36.8 Å². The number of fused-ring (bicyclic) bond motifs is 1. The van der Waals surface area contributed by atoms with Crippen LogP contribution in [0.1, 0.15) is 110 Å². The van der Waals surface area contributed by atoms with E-state index in [1.807, 2.05) is 48.5 Å². The summed E-state index contributed by atoms with van der Waals surface area (Å²) in [5.41, 5.74) is 7.02. The van der Waals surface area contributed by atoms with Crippen LogP contribution in [0.15, 0.2) is 102 Å². The zero-order valence-corrected chi connectivity index (χ0v) is 30.5. The monoisotopic (exact) mass is 648 g/mol. The second-order valence-electron chi connectivity index (χ2n) is 15.9. The number of hydrogen-bond donors (Lipinski definition) is 1. The van der Waals surface area contributed by atoms with Crippen molar-refractivity contribution in [3.63, 3.8) is 0 Å². The van der Waals surface area contributed by atoms with Crippen molar-refractivity contribution in [3.05, 3.63) is 119 Å². The van der Waals surface area contributed by atoms with E-state index in [-0.39, 0.29) is 6.10 Å². The zero-order valence-electron chi connectivity index (χ0n) is 30.5. The molecule has 0 aliphatic heterocycles. The number of benzene rings is 3. The Bertz CT molecular complexity index is 1500. The highest BCUT2D eigenvalue weighted by Crippen LogP contribution is 2.60. The Morgan fingerprint density at radius 3 is 2.27 bits per heavy atom. The Labute approximate surface area is 291 Å². The van der Waals surface area contributed by atoms with Gasteiger partial charge >= 0.3 is 0 Å². The second kappa shape index (κ2) is 16.4. The summed E-state index contributed by atoms with van der Waals surface area (Å²) in [5, 5.41) is 11.5. The molecule has 1 fully saturated rings. The first-order valence-corrected chi connectivity index (χ1v) is 18.5. The molecule has 3 heteroatoms. The Balaban J connectivity index is 1.16. The van der Waals surface area contributed by atoms with Crippen LogP contribution in [0.4, 0.5) is 0 Å². The first-order valence-electron chi connectivity index (χ1n) is 18.5. The number of aliphatic hydroxyl groups excluding tert-OH is 1. The third-order valence-corrected chi connectivity index (χ3v) is 11.8. The summed E-state index contributed by atoms with van der Waals surface area (Å²) >= 11 is 0. The molecule has 3 aromatic carbocycles. The number of rotatable bonds is 15. The van der Waals surface area contributed by atoms with Crippen molar-refractivity contribution in [2.24, 2.45) is 28.6 Å². The summed E-state index contributed by atoms with van der Waals surface area (Å²) < 4.78 is 12.5. The van der Waals surface area contributed by atoms with Crippen LogP contribution in [-0.2, 0) is 19.6 Å². The number of hydrogen-bond acceptors (Lipinski definition) is 3. The van der Waals surface area contributed by atoms with Crippen molar-refractivity contribution < 1.29 is 14.6 Å². The van der Waals surface area contributed by atoms with Crippen molar-refractivity contribution in [3.8, 4) is 11.5 Å². The summed E-state index contributed by atoms with van der Waals surface area (Å²) in [5.74, 6) is 3.25. The molecule has 3 nitrogen and oxygen atoms in total. The van der Waals surface area contributed by atoms with Crippen LogP contribution in [0.3, 0.4) is 0 Å². The van der Waals surface area contributed by atoms with Crippen LogP contribution in [0, 0.1) is 28.6 Å². The van der Waals surface area contributed by atoms with Gasteiger partial charge in [-0.2, -0.15) is 0 Å². The van der Waals surface area contributed by atoms with Gasteiger partial charge in [-0.05, 0) is 123 Å². The fourth-order valence-corrected chi connectivity index (χ4v) is 8.77. The number of allylic oxidation sites excluding steroid dienone is 4. The molecule has 48 heavy (non-hydrogen) atoms. The van der Waals surface area contributed by atoms with Crippen LogP contribution in [0.5, 0.6) is 11.5 Å². The molecule has 0 bridgehead atoms. The van der Waals surface area contributed by atoms with Crippen LogP contribution in [0.25, 0.3) is 0 Å². The molecule has 1 N–H and O–H groups in total. The van der Waals surface area contributed by atoms with Gasteiger partial charge in [0.1, 0.15) is 24.7 Å². The molecule has 1 saturated carbocycles. The third-order valence-electron chi connectivity index (χ3n) is 11.8. The topological polar surface area (TPSA) is 38.7 Å². The molecule has 3 aromatic rings. The van der Waals surface area contributed by atoms with E-state index in [0.29, 0.717) is 41.8 Å². The molecule has 0 aromatic heterocycles. The lowest BCUT2D eigenvalue weighted by Gasteiger charge is -2.57. The maximum atomic E-state index is 11.5. The molecule has 0 unspecified atom stereocenters. The highest BCUT2D eigenvalue weighted by molar-refractivity contribution is 5.42. The van der Waals surface area contributed by atoms with Gasteiger partial charge in [-0.3, -0.25) is 0 Å². The average Bonchev–Trinajstić information content (AvgIpc) is 3.08. The Kier molecular flexibility index (Phi) is 12.3. The third kappa shape index (κ3) is 9.23. The van der Waals surface area contributed by atoms with E-state index in [0.717, 1.165) is 60.3 Å². The fourth-order valence-electron chi connectivity index (χ4n) is 8.77. The minimum Gasteiger partial charge on any atom is -0.489 e. The van der Waals surface area contributed by atoms with Gasteiger partial charge in [-0.25, -0.2) is 0 Å². The van der Waals surface area contributed by atoms with Crippen molar-refractivity contribution in [2.75, 3.05) is 0 Å². The minimum absolute atomic E-state index is 0.258.